The molecule has 0 heterocycles. The second-order valence-corrected chi connectivity index (χ2v) is 5.02. The summed E-state index contributed by atoms with van der Waals surface area (Å²) in [7, 11) is 1.65. The first kappa shape index (κ1) is 24.6. The average molecular weight is 487 g/mol. The fourth-order valence-corrected chi connectivity index (χ4v) is 2.11. The number of aliphatic imine (C=N–C) groups is 1. The van der Waals surface area contributed by atoms with Crippen LogP contribution in [0.1, 0.15) is 25.8 Å². The molecular formula is C17H28F2IN3O3. The van der Waals surface area contributed by atoms with Gasteiger partial charge in [-0.05, 0) is 26.3 Å². The van der Waals surface area contributed by atoms with Crippen LogP contribution >= 0.6 is 24.0 Å². The molecule has 6 nitrogen and oxygen atoms in total. The van der Waals surface area contributed by atoms with Crippen LogP contribution in [-0.4, -0.2) is 46.0 Å². The van der Waals surface area contributed by atoms with Crippen molar-refractivity contribution in [3.63, 3.8) is 0 Å². The minimum Gasteiger partial charge on any atom is -0.490 e. The smallest absolute Gasteiger partial charge is 0.387 e. The van der Waals surface area contributed by atoms with Crippen LogP contribution in [0.2, 0.25) is 0 Å². The quantitative estimate of drug-likeness (QED) is 0.217. The Hall–Kier alpha value is -1.36. The molecule has 0 saturated heterocycles. The van der Waals surface area contributed by atoms with Crippen LogP contribution in [0, 0.1) is 0 Å². The van der Waals surface area contributed by atoms with Crippen LogP contribution in [0.15, 0.2) is 23.2 Å². The minimum absolute atomic E-state index is 0. The molecule has 0 aliphatic carbocycles. The van der Waals surface area contributed by atoms with E-state index < -0.39 is 6.61 Å². The van der Waals surface area contributed by atoms with E-state index >= 15 is 0 Å². The molecule has 0 amide bonds. The number of halogens is 3. The molecule has 1 aromatic carbocycles. The number of alkyl halides is 2. The van der Waals surface area contributed by atoms with Crippen LogP contribution in [-0.2, 0) is 11.3 Å². The molecule has 1 aromatic rings. The number of ether oxygens (including phenoxy) is 3. The zero-order valence-corrected chi connectivity index (χ0v) is 17.7. The Morgan fingerprint density at radius 3 is 2.62 bits per heavy atom. The molecule has 0 bridgehead atoms. The van der Waals surface area contributed by atoms with Gasteiger partial charge in [-0.25, -0.2) is 4.99 Å². The van der Waals surface area contributed by atoms with Crippen molar-refractivity contribution in [3.8, 4) is 11.5 Å². The number of benzene rings is 1. The van der Waals surface area contributed by atoms with Gasteiger partial charge in [0, 0.05) is 32.4 Å². The van der Waals surface area contributed by atoms with E-state index in [9.17, 15) is 8.78 Å². The van der Waals surface area contributed by atoms with E-state index in [4.69, 9.17) is 9.47 Å². The number of hydrogen-bond acceptors (Lipinski definition) is 4. The summed E-state index contributed by atoms with van der Waals surface area (Å²) in [6.45, 7) is 3.38. The van der Waals surface area contributed by atoms with Gasteiger partial charge in [0.15, 0.2) is 17.5 Å². The lowest BCUT2D eigenvalue weighted by molar-refractivity contribution is -0.0520. The predicted molar refractivity (Wildman–Crippen MR) is 109 cm³/mol. The summed E-state index contributed by atoms with van der Waals surface area (Å²) in [5.41, 5.74) is 0.528. The van der Waals surface area contributed by atoms with E-state index in [-0.39, 0.29) is 42.0 Å². The van der Waals surface area contributed by atoms with E-state index in [1.165, 1.54) is 0 Å². The Kier molecular flexibility index (Phi) is 14.0. The van der Waals surface area contributed by atoms with Gasteiger partial charge in [0.2, 0.25) is 0 Å². The third-order valence-corrected chi connectivity index (χ3v) is 3.14. The predicted octanol–water partition coefficient (Wildman–Crippen LogP) is 3.40. The first-order valence-electron chi connectivity index (χ1n) is 8.32. The van der Waals surface area contributed by atoms with Gasteiger partial charge in [-0.1, -0.05) is 12.1 Å². The van der Waals surface area contributed by atoms with Crippen molar-refractivity contribution in [1.29, 1.82) is 0 Å². The molecule has 26 heavy (non-hydrogen) atoms. The van der Waals surface area contributed by atoms with Crippen molar-refractivity contribution >= 4 is 29.9 Å². The summed E-state index contributed by atoms with van der Waals surface area (Å²) in [5.74, 6) is 0.912. The molecule has 0 saturated carbocycles. The number of rotatable bonds is 11. The SMILES string of the molecule is CCNC(=NCc1cccc(OCC)c1OC(F)F)NCCCOC.I. The van der Waals surface area contributed by atoms with Crippen LogP contribution in [0.5, 0.6) is 11.5 Å². The molecule has 0 aliphatic heterocycles. The van der Waals surface area contributed by atoms with Gasteiger partial charge >= 0.3 is 6.61 Å². The van der Waals surface area contributed by atoms with Crippen LogP contribution in [0.25, 0.3) is 0 Å². The molecule has 0 atom stereocenters. The number of guanidine groups is 1. The van der Waals surface area contributed by atoms with Crippen molar-refractivity contribution in [2.45, 2.75) is 33.4 Å². The third kappa shape index (κ3) is 9.37. The summed E-state index contributed by atoms with van der Waals surface area (Å²) in [6, 6.07) is 5.02. The van der Waals surface area contributed by atoms with Gasteiger partial charge in [-0.2, -0.15) is 8.78 Å². The first-order chi connectivity index (χ1) is 12.1. The Bertz CT molecular complexity index is 534. The maximum atomic E-state index is 12.7. The normalized spacial score (nSPS) is 11.1. The van der Waals surface area contributed by atoms with Gasteiger partial charge in [-0.3, -0.25) is 0 Å². The zero-order chi connectivity index (χ0) is 18.5. The molecular weight excluding hydrogens is 459 g/mol. The van der Waals surface area contributed by atoms with E-state index in [2.05, 4.69) is 20.4 Å². The molecule has 9 heteroatoms. The standard InChI is InChI=1S/C17H27F2N3O3.HI/c1-4-20-17(21-10-7-11-23-3)22-12-13-8-6-9-14(24-5-2)15(13)25-16(18)19;/h6,8-9,16H,4-5,7,10-12H2,1-3H3,(H2,20,21,22);1H. The molecule has 0 aromatic heterocycles. The van der Waals surface area contributed by atoms with Gasteiger partial charge in [0.25, 0.3) is 0 Å². The topological polar surface area (TPSA) is 64.1 Å². The molecule has 0 aliphatic rings. The largest absolute Gasteiger partial charge is 0.490 e. The monoisotopic (exact) mass is 487 g/mol. The van der Waals surface area contributed by atoms with E-state index in [0.29, 0.717) is 37.8 Å². The summed E-state index contributed by atoms with van der Waals surface area (Å²) < 4.78 is 40.5. The molecule has 2 N–H and O–H groups in total. The van der Waals surface area contributed by atoms with Crippen molar-refractivity contribution in [2.24, 2.45) is 4.99 Å². The Balaban J connectivity index is 0.00000625. The molecule has 150 valence electrons. The Morgan fingerprint density at radius 1 is 1.23 bits per heavy atom. The fraction of sp³-hybridized carbons (Fsp3) is 0.588. The average Bonchev–Trinajstić information content (AvgIpc) is 2.58. The van der Waals surface area contributed by atoms with Gasteiger partial charge in [0.05, 0.1) is 13.2 Å². The second-order valence-electron chi connectivity index (χ2n) is 5.02. The maximum absolute atomic E-state index is 12.7. The van der Waals surface area contributed by atoms with Crippen LogP contribution < -0.4 is 20.1 Å². The van der Waals surface area contributed by atoms with Crippen LogP contribution in [0.3, 0.4) is 0 Å². The summed E-state index contributed by atoms with van der Waals surface area (Å²) in [4.78, 5) is 4.42. The lowest BCUT2D eigenvalue weighted by Gasteiger charge is -2.15. The minimum atomic E-state index is -2.93. The number of para-hydroxylation sites is 1. The van der Waals surface area contributed by atoms with Gasteiger partial charge < -0.3 is 24.8 Å². The van der Waals surface area contributed by atoms with Crippen molar-refractivity contribution in [1.82, 2.24) is 10.6 Å². The molecule has 1 rings (SSSR count). The molecule has 0 unspecified atom stereocenters. The van der Waals surface area contributed by atoms with Gasteiger partial charge in [-0.15, -0.1) is 24.0 Å². The third-order valence-electron chi connectivity index (χ3n) is 3.14. The number of hydrogen-bond donors (Lipinski definition) is 2. The zero-order valence-electron chi connectivity index (χ0n) is 15.4. The molecule has 0 fully saturated rings. The highest BCUT2D eigenvalue weighted by molar-refractivity contribution is 14.0. The summed E-state index contributed by atoms with van der Waals surface area (Å²) in [5, 5.41) is 6.27. The Morgan fingerprint density at radius 2 is 2.00 bits per heavy atom. The lowest BCUT2D eigenvalue weighted by atomic mass is 10.2. The number of nitrogens with zero attached hydrogens (tertiary/aromatic N) is 1. The van der Waals surface area contributed by atoms with Crippen molar-refractivity contribution in [3.05, 3.63) is 23.8 Å². The lowest BCUT2D eigenvalue weighted by Crippen LogP contribution is -2.38. The Labute approximate surface area is 170 Å². The number of methoxy groups -OCH3 is 1. The maximum Gasteiger partial charge on any atom is 0.387 e. The fourth-order valence-electron chi connectivity index (χ4n) is 2.11. The van der Waals surface area contributed by atoms with Crippen molar-refractivity contribution < 1.29 is 23.0 Å². The van der Waals surface area contributed by atoms with E-state index in [0.717, 1.165) is 6.42 Å². The first-order valence-corrected chi connectivity index (χ1v) is 8.32. The van der Waals surface area contributed by atoms with E-state index in [1.54, 1.807) is 32.2 Å². The van der Waals surface area contributed by atoms with Crippen molar-refractivity contribution in [2.75, 3.05) is 33.4 Å². The summed E-state index contributed by atoms with van der Waals surface area (Å²) in [6.07, 6.45) is 0.834. The van der Waals surface area contributed by atoms with Gasteiger partial charge in [0.1, 0.15) is 0 Å². The summed E-state index contributed by atoms with van der Waals surface area (Å²) >= 11 is 0. The highest BCUT2D eigenvalue weighted by Crippen LogP contribution is 2.33. The van der Waals surface area contributed by atoms with Crippen LogP contribution in [0.4, 0.5) is 8.78 Å². The second kappa shape index (κ2) is 14.8. The molecule has 0 spiro atoms. The highest BCUT2D eigenvalue weighted by Gasteiger charge is 2.15. The van der Waals surface area contributed by atoms with E-state index in [1.807, 2.05) is 6.92 Å². The highest BCUT2D eigenvalue weighted by atomic mass is 127. The number of nitrogens with one attached hydrogen (secondary N) is 2. The molecule has 0 radical (unpaired) electrons.